The van der Waals surface area contributed by atoms with Crippen molar-refractivity contribution in [3.05, 3.63) is 12.0 Å². The van der Waals surface area contributed by atoms with Crippen molar-refractivity contribution in [1.29, 1.82) is 0 Å². The highest BCUT2D eigenvalue weighted by molar-refractivity contribution is 5.43. The highest BCUT2D eigenvalue weighted by Crippen LogP contribution is 2.32. The fraction of sp³-hybridized carbons (Fsp3) is 0.692. The molecule has 0 bridgehead atoms. The molecule has 3 heterocycles. The van der Waals surface area contributed by atoms with Gasteiger partial charge in [0.1, 0.15) is 0 Å². The van der Waals surface area contributed by atoms with Gasteiger partial charge in [-0.25, -0.2) is 4.68 Å². The third kappa shape index (κ3) is 2.45. The van der Waals surface area contributed by atoms with Crippen molar-refractivity contribution in [1.82, 2.24) is 25.1 Å². The van der Waals surface area contributed by atoms with Crippen molar-refractivity contribution in [2.45, 2.75) is 38.1 Å². The average molecular weight is 275 g/mol. The highest BCUT2D eigenvalue weighted by Gasteiger charge is 2.25. The van der Waals surface area contributed by atoms with E-state index in [0.717, 1.165) is 44.2 Å². The summed E-state index contributed by atoms with van der Waals surface area (Å²) in [6, 6.07) is 0.360. The van der Waals surface area contributed by atoms with Crippen LogP contribution < -0.4 is 0 Å². The molecule has 0 aromatic carbocycles. The molecule has 2 aliphatic rings. The molecule has 1 aliphatic heterocycles. The summed E-state index contributed by atoms with van der Waals surface area (Å²) >= 11 is 0. The molecule has 4 rings (SSSR count). The Morgan fingerprint density at radius 3 is 2.85 bits per heavy atom. The van der Waals surface area contributed by atoms with E-state index >= 15 is 0 Å². The first-order valence-electron chi connectivity index (χ1n) is 7.21. The fourth-order valence-corrected chi connectivity index (χ4v) is 2.52. The molecule has 1 saturated carbocycles. The van der Waals surface area contributed by atoms with E-state index in [9.17, 15) is 0 Å². The van der Waals surface area contributed by atoms with E-state index in [1.165, 1.54) is 12.8 Å². The predicted molar refractivity (Wildman–Crippen MR) is 68.8 cm³/mol. The zero-order valence-electron chi connectivity index (χ0n) is 11.2. The molecule has 2 aromatic rings. The van der Waals surface area contributed by atoms with Gasteiger partial charge in [0.2, 0.25) is 0 Å². The number of hydrogen-bond acceptors (Lipinski definition) is 6. The summed E-state index contributed by atoms with van der Waals surface area (Å²) in [5, 5.41) is 12.3. The second-order valence-corrected chi connectivity index (χ2v) is 5.59. The first kappa shape index (κ1) is 12.0. The molecule has 0 N–H and O–H groups in total. The van der Waals surface area contributed by atoms with Crippen LogP contribution in [0.25, 0.3) is 11.6 Å². The molecule has 0 spiro atoms. The van der Waals surface area contributed by atoms with Crippen molar-refractivity contribution in [2.75, 3.05) is 13.2 Å². The van der Waals surface area contributed by atoms with Crippen LogP contribution in [-0.4, -0.2) is 38.3 Å². The van der Waals surface area contributed by atoms with Crippen LogP contribution in [0.2, 0.25) is 0 Å². The normalized spacial score (nSPS) is 20.4. The maximum Gasteiger partial charge on any atom is 0.280 e. The Labute approximate surface area is 116 Å². The van der Waals surface area contributed by atoms with Crippen LogP contribution in [-0.2, 0) is 11.2 Å². The number of nitrogens with zero attached hydrogens (tertiary/aromatic N) is 5. The fourth-order valence-electron chi connectivity index (χ4n) is 2.52. The minimum absolute atomic E-state index is 0.360. The standard InChI is InChI=1S/C13H17N5O2/c1-2-9(1)7-12-14-13(20-16-12)11-8-18(17-15-11)10-3-5-19-6-4-10/h8-10H,1-7H2. The van der Waals surface area contributed by atoms with E-state index in [0.29, 0.717) is 17.6 Å². The Morgan fingerprint density at radius 1 is 1.20 bits per heavy atom. The molecular formula is C13H17N5O2. The van der Waals surface area contributed by atoms with Gasteiger partial charge < -0.3 is 9.26 Å². The number of hydrogen-bond donors (Lipinski definition) is 0. The lowest BCUT2D eigenvalue weighted by atomic mass is 10.1. The molecule has 7 nitrogen and oxygen atoms in total. The maximum absolute atomic E-state index is 5.36. The highest BCUT2D eigenvalue weighted by atomic mass is 16.5. The largest absolute Gasteiger partial charge is 0.381 e. The Balaban J connectivity index is 1.49. The monoisotopic (exact) mass is 275 g/mol. The van der Waals surface area contributed by atoms with Crippen LogP contribution in [0.5, 0.6) is 0 Å². The summed E-state index contributed by atoms with van der Waals surface area (Å²) < 4.78 is 12.5. The van der Waals surface area contributed by atoms with E-state index in [1.807, 2.05) is 10.9 Å². The van der Waals surface area contributed by atoms with Gasteiger partial charge in [0.25, 0.3) is 5.89 Å². The molecule has 106 valence electrons. The molecule has 2 aromatic heterocycles. The van der Waals surface area contributed by atoms with Gasteiger partial charge in [-0.1, -0.05) is 10.4 Å². The average Bonchev–Trinajstić information content (AvgIpc) is 2.99. The van der Waals surface area contributed by atoms with Gasteiger partial charge in [-0.3, -0.25) is 0 Å². The van der Waals surface area contributed by atoms with E-state index < -0.39 is 0 Å². The summed E-state index contributed by atoms with van der Waals surface area (Å²) in [7, 11) is 0. The van der Waals surface area contributed by atoms with Crippen molar-refractivity contribution in [3.8, 4) is 11.6 Å². The van der Waals surface area contributed by atoms with Crippen LogP contribution in [0.3, 0.4) is 0 Å². The van der Waals surface area contributed by atoms with Crippen LogP contribution in [0.15, 0.2) is 10.7 Å². The predicted octanol–water partition coefficient (Wildman–Crippen LogP) is 1.63. The van der Waals surface area contributed by atoms with Gasteiger partial charge in [-0.15, -0.1) is 5.10 Å². The summed E-state index contributed by atoms with van der Waals surface area (Å²) in [5.74, 6) is 2.00. The molecule has 7 heteroatoms. The SMILES string of the molecule is c1c(-c2nc(CC3CC3)no2)nnn1C1CCOCC1. The summed E-state index contributed by atoms with van der Waals surface area (Å²) in [6.45, 7) is 1.57. The van der Waals surface area contributed by atoms with Crippen LogP contribution in [0.1, 0.15) is 37.5 Å². The third-order valence-corrected chi connectivity index (χ3v) is 3.93. The van der Waals surface area contributed by atoms with Gasteiger partial charge in [-0.05, 0) is 31.6 Å². The zero-order chi connectivity index (χ0) is 13.4. The van der Waals surface area contributed by atoms with E-state index in [1.54, 1.807) is 0 Å². The topological polar surface area (TPSA) is 78.9 Å². The first-order valence-corrected chi connectivity index (χ1v) is 7.21. The molecule has 20 heavy (non-hydrogen) atoms. The second kappa shape index (κ2) is 4.97. The zero-order valence-corrected chi connectivity index (χ0v) is 11.2. The van der Waals surface area contributed by atoms with Crippen LogP contribution >= 0.6 is 0 Å². The van der Waals surface area contributed by atoms with Crippen molar-refractivity contribution < 1.29 is 9.26 Å². The number of aromatic nitrogens is 5. The lowest BCUT2D eigenvalue weighted by Gasteiger charge is -2.21. The lowest BCUT2D eigenvalue weighted by molar-refractivity contribution is 0.0657. The minimum Gasteiger partial charge on any atom is -0.381 e. The minimum atomic E-state index is 0.360. The molecule has 0 amide bonds. The molecular weight excluding hydrogens is 258 g/mol. The summed E-state index contributed by atoms with van der Waals surface area (Å²) in [4.78, 5) is 4.40. The quantitative estimate of drug-likeness (QED) is 0.843. The summed E-state index contributed by atoms with van der Waals surface area (Å²) in [5.41, 5.74) is 0.658. The Bertz CT molecular complexity index is 583. The van der Waals surface area contributed by atoms with Crippen LogP contribution in [0, 0.1) is 5.92 Å². The molecule has 0 unspecified atom stereocenters. The molecule has 1 aliphatic carbocycles. The molecule has 2 fully saturated rings. The maximum atomic E-state index is 5.36. The summed E-state index contributed by atoms with van der Waals surface area (Å²) in [6.07, 6.45) is 7.31. The smallest absolute Gasteiger partial charge is 0.280 e. The molecule has 0 radical (unpaired) electrons. The Morgan fingerprint density at radius 2 is 2.05 bits per heavy atom. The Kier molecular flexibility index (Phi) is 2.99. The lowest BCUT2D eigenvalue weighted by Crippen LogP contribution is -2.19. The molecule has 1 saturated heterocycles. The van der Waals surface area contributed by atoms with Gasteiger partial charge >= 0.3 is 0 Å². The van der Waals surface area contributed by atoms with Gasteiger partial charge in [0.15, 0.2) is 11.5 Å². The number of ether oxygens (including phenoxy) is 1. The first-order chi connectivity index (χ1) is 9.88. The van der Waals surface area contributed by atoms with Gasteiger partial charge in [0, 0.05) is 19.6 Å². The third-order valence-electron chi connectivity index (χ3n) is 3.93. The van der Waals surface area contributed by atoms with Crippen molar-refractivity contribution >= 4 is 0 Å². The molecule has 0 atom stereocenters. The van der Waals surface area contributed by atoms with Gasteiger partial charge in [-0.2, -0.15) is 4.98 Å². The van der Waals surface area contributed by atoms with Crippen LogP contribution in [0.4, 0.5) is 0 Å². The Hall–Kier alpha value is -1.76. The van der Waals surface area contributed by atoms with E-state index in [2.05, 4.69) is 20.5 Å². The van der Waals surface area contributed by atoms with E-state index in [4.69, 9.17) is 9.26 Å². The van der Waals surface area contributed by atoms with Crippen molar-refractivity contribution in [3.63, 3.8) is 0 Å². The number of rotatable bonds is 4. The van der Waals surface area contributed by atoms with Gasteiger partial charge in [0.05, 0.1) is 12.2 Å². The van der Waals surface area contributed by atoms with E-state index in [-0.39, 0.29) is 0 Å². The van der Waals surface area contributed by atoms with Crippen molar-refractivity contribution in [2.24, 2.45) is 5.92 Å². The second-order valence-electron chi connectivity index (χ2n) is 5.59.